The number of aryl methyl sites for hydroxylation is 1. The van der Waals surface area contributed by atoms with E-state index in [1.54, 1.807) is 33.5 Å². The van der Waals surface area contributed by atoms with E-state index in [-0.39, 0.29) is 5.78 Å². The fourth-order valence-electron chi connectivity index (χ4n) is 4.01. The number of ketones is 1. The predicted molar refractivity (Wildman–Crippen MR) is 125 cm³/mol. The van der Waals surface area contributed by atoms with Crippen LogP contribution in [0.25, 0.3) is 27.9 Å². The maximum Gasteiger partial charge on any atom is 0.203 e. The molecule has 3 aromatic carbocycles. The van der Waals surface area contributed by atoms with E-state index in [9.17, 15) is 4.79 Å². The number of para-hydroxylation sites is 1. The first-order valence-corrected chi connectivity index (χ1v) is 10.1. The third kappa shape index (κ3) is 3.63. The molecule has 0 aliphatic heterocycles. The number of carbonyl (C=O) groups is 1. The normalized spacial score (nSPS) is 11.4. The van der Waals surface area contributed by atoms with Gasteiger partial charge in [-0.25, -0.2) is 0 Å². The number of ether oxygens (including phenoxy) is 3. The fourth-order valence-corrected chi connectivity index (χ4v) is 4.01. The van der Waals surface area contributed by atoms with Crippen LogP contribution < -0.4 is 14.2 Å². The van der Waals surface area contributed by atoms with E-state index in [4.69, 9.17) is 14.2 Å². The molecule has 4 rings (SSSR count). The highest BCUT2D eigenvalue weighted by atomic mass is 16.5. The molecule has 5 nitrogen and oxygen atoms in total. The van der Waals surface area contributed by atoms with E-state index in [2.05, 4.69) is 23.6 Å². The van der Waals surface area contributed by atoms with Crippen LogP contribution in [-0.2, 0) is 6.54 Å². The average molecular weight is 415 g/mol. The summed E-state index contributed by atoms with van der Waals surface area (Å²) in [5.41, 5.74) is 3.74. The lowest BCUT2D eigenvalue weighted by molar-refractivity contribution is 0.104. The molecule has 0 saturated heterocycles. The van der Waals surface area contributed by atoms with Crippen molar-refractivity contribution in [1.29, 1.82) is 0 Å². The molecule has 0 atom stereocenters. The number of rotatable bonds is 7. The van der Waals surface area contributed by atoms with Crippen LogP contribution in [0.5, 0.6) is 17.2 Å². The van der Waals surface area contributed by atoms with Crippen LogP contribution in [0.4, 0.5) is 0 Å². The van der Waals surface area contributed by atoms with Gasteiger partial charge in [-0.05, 0) is 55.0 Å². The Labute approximate surface area is 181 Å². The minimum Gasteiger partial charge on any atom is -0.493 e. The molecule has 1 aromatic heterocycles. The number of benzene rings is 3. The topological polar surface area (TPSA) is 49.7 Å². The minimum atomic E-state index is -0.0658. The van der Waals surface area contributed by atoms with Crippen molar-refractivity contribution in [2.75, 3.05) is 21.3 Å². The second-order valence-electron chi connectivity index (χ2n) is 7.15. The van der Waals surface area contributed by atoms with Crippen molar-refractivity contribution in [1.82, 2.24) is 4.57 Å². The Kier molecular flexibility index (Phi) is 5.67. The lowest BCUT2D eigenvalue weighted by Crippen LogP contribution is -1.97. The Morgan fingerprint density at radius 2 is 1.55 bits per heavy atom. The van der Waals surface area contributed by atoms with Crippen LogP contribution in [0.1, 0.15) is 22.8 Å². The van der Waals surface area contributed by atoms with Crippen molar-refractivity contribution in [2.24, 2.45) is 0 Å². The molecule has 0 bridgehead atoms. The van der Waals surface area contributed by atoms with Crippen molar-refractivity contribution < 1.29 is 19.0 Å². The summed E-state index contributed by atoms with van der Waals surface area (Å²) in [6.07, 6.45) is 3.33. The monoisotopic (exact) mass is 415 g/mol. The maximum absolute atomic E-state index is 12.9. The summed E-state index contributed by atoms with van der Waals surface area (Å²) in [7, 11) is 4.70. The minimum absolute atomic E-state index is 0.0658. The van der Waals surface area contributed by atoms with Gasteiger partial charge in [0.25, 0.3) is 0 Å². The standard InChI is InChI=1S/C26H25NO4/c1-5-27-21-9-7-6-8-19(21)20-16-18(11-12-22(20)27)23(28)13-10-17-14-24(29-2)26(31-4)25(15-17)30-3/h6-16H,5H2,1-4H3. The Bertz CT molecular complexity index is 1270. The Morgan fingerprint density at radius 1 is 0.871 bits per heavy atom. The molecule has 0 saturated carbocycles. The highest BCUT2D eigenvalue weighted by Gasteiger charge is 2.14. The molecule has 0 aliphatic rings. The van der Waals surface area contributed by atoms with Crippen LogP contribution in [0.2, 0.25) is 0 Å². The Morgan fingerprint density at radius 3 is 2.19 bits per heavy atom. The van der Waals surface area contributed by atoms with Gasteiger partial charge in [-0.1, -0.05) is 24.3 Å². The second-order valence-corrected chi connectivity index (χ2v) is 7.15. The number of aromatic nitrogens is 1. The second kappa shape index (κ2) is 8.56. The Hall–Kier alpha value is -3.73. The van der Waals surface area contributed by atoms with Gasteiger partial charge in [0, 0.05) is 33.9 Å². The van der Waals surface area contributed by atoms with Gasteiger partial charge in [-0.15, -0.1) is 0 Å². The molecule has 0 amide bonds. The number of fused-ring (bicyclic) bond motifs is 3. The molecule has 0 spiro atoms. The van der Waals surface area contributed by atoms with Crippen LogP contribution >= 0.6 is 0 Å². The van der Waals surface area contributed by atoms with Crippen LogP contribution in [0.15, 0.2) is 60.7 Å². The van der Waals surface area contributed by atoms with Gasteiger partial charge < -0.3 is 18.8 Å². The van der Waals surface area contributed by atoms with Crippen molar-refractivity contribution in [3.63, 3.8) is 0 Å². The first-order valence-electron chi connectivity index (χ1n) is 10.1. The van der Waals surface area contributed by atoms with Crippen molar-refractivity contribution in [3.05, 3.63) is 71.8 Å². The van der Waals surface area contributed by atoms with Gasteiger partial charge >= 0.3 is 0 Å². The summed E-state index contributed by atoms with van der Waals surface area (Å²) in [5.74, 6) is 1.54. The fraction of sp³-hybridized carbons (Fsp3) is 0.192. The zero-order valence-electron chi connectivity index (χ0n) is 18.1. The predicted octanol–water partition coefficient (Wildman–Crippen LogP) is 5.74. The molecule has 0 unspecified atom stereocenters. The quantitative estimate of drug-likeness (QED) is 0.285. The van der Waals surface area contributed by atoms with E-state index in [0.29, 0.717) is 22.8 Å². The van der Waals surface area contributed by atoms with E-state index in [1.807, 2.05) is 42.5 Å². The van der Waals surface area contributed by atoms with E-state index >= 15 is 0 Å². The summed E-state index contributed by atoms with van der Waals surface area (Å²) < 4.78 is 18.4. The van der Waals surface area contributed by atoms with E-state index < -0.39 is 0 Å². The zero-order valence-corrected chi connectivity index (χ0v) is 18.1. The summed E-state index contributed by atoms with van der Waals surface area (Å²) in [6, 6.07) is 17.8. The molecule has 31 heavy (non-hydrogen) atoms. The molecule has 0 N–H and O–H groups in total. The molecule has 158 valence electrons. The summed E-state index contributed by atoms with van der Waals surface area (Å²) in [5, 5.41) is 2.24. The summed E-state index contributed by atoms with van der Waals surface area (Å²) in [4.78, 5) is 12.9. The lowest BCUT2D eigenvalue weighted by atomic mass is 10.0. The number of methoxy groups -OCH3 is 3. The molecule has 1 heterocycles. The van der Waals surface area contributed by atoms with Crippen molar-refractivity contribution >= 4 is 33.7 Å². The van der Waals surface area contributed by atoms with Crippen LogP contribution in [-0.4, -0.2) is 31.7 Å². The highest BCUT2D eigenvalue weighted by molar-refractivity contribution is 6.13. The van der Waals surface area contributed by atoms with Gasteiger partial charge in [0.05, 0.1) is 21.3 Å². The first kappa shape index (κ1) is 20.5. The van der Waals surface area contributed by atoms with E-state index in [0.717, 1.165) is 28.4 Å². The lowest BCUT2D eigenvalue weighted by Gasteiger charge is -2.12. The molecule has 4 aromatic rings. The number of hydrogen-bond donors (Lipinski definition) is 0. The van der Waals surface area contributed by atoms with Gasteiger partial charge in [0.2, 0.25) is 5.75 Å². The molecular weight excluding hydrogens is 390 g/mol. The van der Waals surface area contributed by atoms with Gasteiger partial charge in [-0.3, -0.25) is 4.79 Å². The molecule has 0 aliphatic carbocycles. The van der Waals surface area contributed by atoms with Gasteiger partial charge in [-0.2, -0.15) is 0 Å². The zero-order chi connectivity index (χ0) is 22.0. The third-order valence-corrected chi connectivity index (χ3v) is 5.49. The van der Waals surface area contributed by atoms with Crippen LogP contribution in [0.3, 0.4) is 0 Å². The Balaban J connectivity index is 1.71. The van der Waals surface area contributed by atoms with Crippen molar-refractivity contribution in [2.45, 2.75) is 13.5 Å². The van der Waals surface area contributed by atoms with Gasteiger partial charge in [0.1, 0.15) is 0 Å². The summed E-state index contributed by atoms with van der Waals surface area (Å²) >= 11 is 0. The molecule has 0 radical (unpaired) electrons. The summed E-state index contributed by atoms with van der Waals surface area (Å²) in [6.45, 7) is 3.00. The van der Waals surface area contributed by atoms with Gasteiger partial charge in [0.15, 0.2) is 17.3 Å². The number of hydrogen-bond acceptors (Lipinski definition) is 4. The van der Waals surface area contributed by atoms with Crippen LogP contribution in [0, 0.1) is 0 Å². The number of allylic oxidation sites excluding steroid dienone is 1. The molecule has 5 heteroatoms. The maximum atomic E-state index is 12.9. The number of carbonyl (C=O) groups excluding carboxylic acids is 1. The largest absolute Gasteiger partial charge is 0.493 e. The number of nitrogens with zero attached hydrogens (tertiary/aromatic N) is 1. The molecular formula is C26H25NO4. The third-order valence-electron chi connectivity index (χ3n) is 5.49. The molecule has 0 fully saturated rings. The highest BCUT2D eigenvalue weighted by Crippen LogP contribution is 2.38. The first-order chi connectivity index (χ1) is 15.1. The smallest absolute Gasteiger partial charge is 0.203 e. The van der Waals surface area contributed by atoms with Crippen molar-refractivity contribution in [3.8, 4) is 17.2 Å². The van der Waals surface area contributed by atoms with E-state index in [1.165, 1.54) is 5.52 Å². The SMILES string of the molecule is CCn1c2ccccc2c2cc(C(=O)C=Cc3cc(OC)c(OC)c(OC)c3)ccc21. The average Bonchev–Trinajstić information content (AvgIpc) is 3.14.